The number of aliphatic hydroxyl groups is 1. The van der Waals surface area contributed by atoms with E-state index in [1.165, 1.54) is 19.4 Å². The molecule has 16 nitrogen and oxygen atoms in total. The minimum Gasteiger partial charge on any atom is -0.481 e. The number of benzene rings is 1. The Balaban J connectivity index is 2.28. The van der Waals surface area contributed by atoms with Gasteiger partial charge in [-0.3, -0.25) is 14.4 Å². The maximum Gasteiger partial charge on any atom is 0.519 e. The molecule has 0 fully saturated rings. The Bertz CT molecular complexity index is 1810. The molecule has 16 heteroatoms. The van der Waals surface area contributed by atoms with Crippen LogP contribution in [0.15, 0.2) is 50.0 Å². The number of aryl methyl sites for hydroxylation is 1. The van der Waals surface area contributed by atoms with Crippen molar-refractivity contribution in [1.82, 2.24) is 5.32 Å². The smallest absolute Gasteiger partial charge is 0.481 e. The second kappa shape index (κ2) is 27.1. The van der Waals surface area contributed by atoms with Crippen LogP contribution in [0.5, 0.6) is 5.75 Å². The van der Waals surface area contributed by atoms with Crippen LogP contribution in [0.25, 0.3) is 0 Å². The Kier molecular flexibility index (Phi) is 22.7. The van der Waals surface area contributed by atoms with E-state index in [9.17, 15) is 43.8 Å². The van der Waals surface area contributed by atoms with Gasteiger partial charge < -0.3 is 43.3 Å². The summed E-state index contributed by atoms with van der Waals surface area (Å²) in [4.78, 5) is 88.4. The number of hydrogen-bond acceptors (Lipinski definition) is 14. The van der Waals surface area contributed by atoms with Gasteiger partial charge in [0.05, 0.1) is 19.4 Å². The summed E-state index contributed by atoms with van der Waals surface area (Å²) in [6.07, 6.45) is 10.8. The van der Waals surface area contributed by atoms with Gasteiger partial charge in [0.1, 0.15) is 24.2 Å². The van der Waals surface area contributed by atoms with Crippen molar-refractivity contribution in [3.63, 3.8) is 0 Å². The molecule has 1 heterocycles. The summed E-state index contributed by atoms with van der Waals surface area (Å²) in [5, 5.41) is 24.3. The van der Waals surface area contributed by atoms with Gasteiger partial charge in [-0.05, 0) is 57.2 Å². The minimum absolute atomic E-state index is 0.0129. The Hall–Kier alpha value is -5.69. The molecule has 0 unspecified atom stereocenters. The lowest BCUT2D eigenvalue weighted by molar-refractivity contribution is -0.174. The van der Waals surface area contributed by atoms with Crippen molar-refractivity contribution in [1.29, 1.82) is 0 Å². The van der Waals surface area contributed by atoms with E-state index in [2.05, 4.69) is 28.8 Å². The third-order valence-electron chi connectivity index (χ3n) is 9.26. The van der Waals surface area contributed by atoms with Gasteiger partial charge in [-0.25, -0.2) is 19.2 Å². The molecule has 0 radical (unpaired) electrons. The van der Waals surface area contributed by atoms with E-state index >= 15 is 0 Å². The van der Waals surface area contributed by atoms with E-state index in [0.717, 1.165) is 58.1 Å². The highest BCUT2D eigenvalue weighted by Crippen LogP contribution is 2.27. The van der Waals surface area contributed by atoms with E-state index in [4.69, 9.17) is 23.0 Å². The molecular formula is C43H57NO15. The summed E-state index contributed by atoms with van der Waals surface area (Å²) in [6.45, 7) is 3.90. The predicted octanol–water partition coefficient (Wildman–Crippen LogP) is 5.08. The minimum atomic E-state index is -3.11. The van der Waals surface area contributed by atoms with Gasteiger partial charge in [0, 0.05) is 19.3 Å². The first-order chi connectivity index (χ1) is 28.2. The molecule has 1 amide bonds. The number of carboxylic acids is 1. The molecule has 0 aliphatic rings. The number of ketones is 1. The number of rotatable bonds is 29. The number of unbranched alkanes of at least 4 members (excludes halogenated alkanes) is 8. The molecule has 0 aliphatic carbocycles. The second-order valence-electron chi connectivity index (χ2n) is 13.9. The number of carbonyl (C=O) groups is 6. The number of amides is 1. The lowest BCUT2D eigenvalue weighted by atomic mass is 9.82. The predicted molar refractivity (Wildman–Crippen MR) is 212 cm³/mol. The normalized spacial score (nSPS) is 13.0. The van der Waals surface area contributed by atoms with Crippen LogP contribution in [-0.4, -0.2) is 77.7 Å². The maximum atomic E-state index is 14.0. The van der Waals surface area contributed by atoms with Crippen molar-refractivity contribution >= 4 is 35.6 Å². The number of ether oxygens (including phenoxy) is 4. The average Bonchev–Trinajstić information content (AvgIpc) is 3.54. The molecule has 3 N–H and O–H groups in total. The first-order valence-electron chi connectivity index (χ1n) is 19.8. The van der Waals surface area contributed by atoms with Gasteiger partial charge in [0.2, 0.25) is 5.91 Å². The first kappa shape index (κ1) is 49.5. The van der Waals surface area contributed by atoms with Crippen LogP contribution in [0.2, 0.25) is 0 Å². The fourth-order valence-corrected chi connectivity index (χ4v) is 5.82. The van der Waals surface area contributed by atoms with Crippen molar-refractivity contribution in [3.8, 4) is 17.6 Å². The molecule has 0 aliphatic heterocycles. The van der Waals surface area contributed by atoms with Crippen LogP contribution in [0.1, 0.15) is 114 Å². The van der Waals surface area contributed by atoms with Gasteiger partial charge in [-0.15, -0.1) is 5.92 Å². The monoisotopic (exact) mass is 827 g/mol. The van der Waals surface area contributed by atoms with E-state index in [1.54, 1.807) is 31.2 Å². The number of nitrogens with one attached hydrogen (secondary N) is 1. The molecule has 2 aromatic rings. The Morgan fingerprint density at radius 2 is 1.58 bits per heavy atom. The van der Waals surface area contributed by atoms with Crippen molar-refractivity contribution in [3.05, 3.63) is 64.1 Å². The van der Waals surface area contributed by atoms with Crippen LogP contribution < -0.4 is 15.9 Å². The summed E-state index contributed by atoms with van der Waals surface area (Å²) in [7, 11) is 1.09. The average molecular weight is 828 g/mol. The fourth-order valence-electron chi connectivity index (χ4n) is 5.82. The van der Waals surface area contributed by atoms with Crippen LogP contribution in [-0.2, 0) is 56.0 Å². The number of Topliss-reactive ketones (excluding diaryl/α,β-unsaturated/α-hetero) is 1. The molecule has 59 heavy (non-hydrogen) atoms. The number of hydrogen-bond donors (Lipinski definition) is 3. The van der Waals surface area contributed by atoms with Gasteiger partial charge >= 0.3 is 29.7 Å². The van der Waals surface area contributed by atoms with Crippen LogP contribution in [0, 0.1) is 24.7 Å². The molecule has 324 valence electrons. The second-order valence-corrected chi connectivity index (χ2v) is 13.9. The molecule has 0 spiro atoms. The van der Waals surface area contributed by atoms with E-state index in [0.29, 0.717) is 37.0 Å². The third-order valence-corrected chi connectivity index (χ3v) is 9.26. The Morgan fingerprint density at radius 1 is 0.915 bits per heavy atom. The van der Waals surface area contributed by atoms with Gasteiger partial charge in [0.15, 0.2) is 30.3 Å². The molecule has 1 aromatic heterocycles. The molecule has 0 saturated carbocycles. The largest absolute Gasteiger partial charge is 0.519 e. The van der Waals surface area contributed by atoms with Crippen LogP contribution >= 0.6 is 0 Å². The highest BCUT2D eigenvalue weighted by atomic mass is 16.6. The molecular weight excluding hydrogens is 770 g/mol. The van der Waals surface area contributed by atoms with Crippen molar-refractivity contribution in [2.75, 3.05) is 20.3 Å². The molecule has 2 rings (SSSR count). The molecule has 3 atom stereocenters. The highest BCUT2D eigenvalue weighted by molar-refractivity contribution is 5.95. The summed E-state index contributed by atoms with van der Waals surface area (Å²) in [5.74, 6) is -3.30. The maximum absolute atomic E-state index is 14.0. The SMILES string of the molecule is CC#CCOc1ccc(C[C@H](NC(=O)[C@@H](C=CCCCCCCC(=O)CCCCCCC)[C@@](O)(CC(=O)OCc2oc(=O)oc2C)C(=O)O)C(=O)OCC(=O)OC)cc1. The van der Waals surface area contributed by atoms with Gasteiger partial charge in [-0.2, -0.15) is 0 Å². The van der Waals surface area contributed by atoms with Crippen LogP contribution in [0.3, 0.4) is 0 Å². The zero-order valence-electron chi connectivity index (χ0n) is 34.3. The molecule has 1 aromatic carbocycles. The number of aliphatic carboxylic acids is 1. The quantitative estimate of drug-likeness (QED) is 0.0319. The van der Waals surface area contributed by atoms with Crippen LogP contribution in [0.4, 0.5) is 0 Å². The summed E-state index contributed by atoms with van der Waals surface area (Å²) < 4.78 is 29.7. The fraction of sp³-hybridized carbons (Fsp3) is 0.558. The highest BCUT2D eigenvalue weighted by Gasteiger charge is 2.49. The van der Waals surface area contributed by atoms with E-state index < -0.39 is 72.8 Å². The number of esters is 3. The zero-order chi connectivity index (χ0) is 43.6. The zero-order valence-corrected chi connectivity index (χ0v) is 34.3. The van der Waals surface area contributed by atoms with E-state index in [1.807, 2.05) is 0 Å². The third kappa shape index (κ3) is 18.6. The number of methoxy groups -OCH3 is 1. The Labute approximate surface area is 344 Å². The summed E-state index contributed by atoms with van der Waals surface area (Å²) >= 11 is 0. The lowest BCUT2D eigenvalue weighted by Gasteiger charge is -2.30. The molecule has 0 bridgehead atoms. The van der Waals surface area contributed by atoms with Crippen molar-refractivity contribution in [2.45, 2.75) is 129 Å². The summed E-state index contributed by atoms with van der Waals surface area (Å²) in [5.41, 5.74) is -2.61. The Morgan fingerprint density at radius 3 is 2.17 bits per heavy atom. The lowest BCUT2D eigenvalue weighted by Crippen LogP contribution is -2.55. The van der Waals surface area contributed by atoms with Gasteiger partial charge in [0.25, 0.3) is 0 Å². The van der Waals surface area contributed by atoms with Gasteiger partial charge in [-0.1, -0.05) is 75.7 Å². The first-order valence-corrected chi connectivity index (χ1v) is 19.8. The van der Waals surface area contributed by atoms with E-state index in [-0.39, 0.29) is 30.3 Å². The summed E-state index contributed by atoms with van der Waals surface area (Å²) in [6, 6.07) is 4.91. The number of carboxylic acid groups (broad SMARTS) is 1. The number of allylic oxidation sites excluding steroid dienone is 1. The van der Waals surface area contributed by atoms with Crippen molar-refractivity contribution < 1.29 is 66.8 Å². The topological polar surface area (TPSA) is 235 Å². The number of carbonyl (C=O) groups excluding carboxylic acids is 5. The standard InChI is InChI=1S/C43H57NO15/c1-5-7-9-12-15-18-32(45)19-16-13-10-11-14-17-20-34(43(53,41(50)51)27-37(46)56-28-36-30(3)58-42(52)59-36)39(48)44-35(40(49)57-29-38(47)54-4)26-31-21-23-33(24-22-31)55-25-8-6-2/h17,20-24,34-35,53H,5,7,9-16,18-19,25-29H2,1-4H3,(H,44,48)(H,50,51)/t34-,35+,43+/m1/s1. The molecule has 0 saturated heterocycles. The van der Waals surface area contributed by atoms with Crippen molar-refractivity contribution in [2.24, 2.45) is 5.92 Å².